The van der Waals surface area contributed by atoms with Crippen LogP contribution in [0.25, 0.3) is 0 Å². The Morgan fingerprint density at radius 1 is 0.458 bits per heavy atom. The fourth-order valence-electron chi connectivity index (χ4n) is 12.1. The number of nitrogens with one attached hydrogen (secondary N) is 1. The number of carbonyl (C=O) groups is 2. The summed E-state index contributed by atoms with van der Waals surface area (Å²) in [5, 5.41) is 3.61. The molecule has 5 nitrogen and oxygen atoms in total. The van der Waals surface area contributed by atoms with E-state index < -0.39 is 11.5 Å². The number of halogens is 1. The first-order valence-electron chi connectivity index (χ1n) is 32.2. The van der Waals surface area contributed by atoms with Crippen LogP contribution in [0.1, 0.15) is 340 Å². The molecule has 0 bridgehead atoms. The number of ketones is 1. The summed E-state index contributed by atoms with van der Waals surface area (Å²) in [7, 11) is 0. The highest BCUT2D eigenvalue weighted by molar-refractivity contribution is 9.12. The normalized spacial score (nSPS) is 22.5. The van der Waals surface area contributed by atoms with E-state index in [1.165, 1.54) is 289 Å². The maximum Gasteiger partial charge on any atom is 0.328 e. The van der Waals surface area contributed by atoms with E-state index in [9.17, 15) is 9.59 Å². The second-order valence-electron chi connectivity index (χ2n) is 23.3. The Labute approximate surface area is 455 Å². The lowest BCUT2D eigenvalue weighted by Gasteiger charge is -2.44. The lowest BCUT2D eigenvalue weighted by Crippen LogP contribution is -2.53. The number of anilines is 1. The minimum Gasteiger partial charge on any atom is -0.464 e. The molecule has 0 saturated heterocycles. The van der Waals surface area contributed by atoms with Gasteiger partial charge in [-0.05, 0) is 53.4 Å². The van der Waals surface area contributed by atoms with Crippen LogP contribution in [0.3, 0.4) is 0 Å². The topological polar surface area (TPSA) is 81.4 Å². The number of nitrogens with two attached hydrogens (primary N) is 1. The summed E-state index contributed by atoms with van der Waals surface area (Å²) >= 11 is 3.69. The molecule has 3 rings (SSSR count). The number of carbonyl (C=O) groups excluding carboxylic acids is 2. The number of ether oxygens (including phenoxy) is 1. The molecular weight excluding hydrogens is 949 g/mol. The van der Waals surface area contributed by atoms with Crippen LogP contribution in [-0.2, 0) is 20.7 Å². The first kappa shape index (κ1) is 64.5. The lowest BCUT2D eigenvalue weighted by molar-refractivity contribution is -0.146. The van der Waals surface area contributed by atoms with Gasteiger partial charge in [0.25, 0.3) is 0 Å². The van der Waals surface area contributed by atoms with Crippen molar-refractivity contribution in [1.29, 1.82) is 0 Å². The Hall–Kier alpha value is -1.82. The average Bonchev–Trinajstić information content (AvgIpc) is 3.38. The number of benzene rings is 1. The first-order valence-corrected chi connectivity index (χ1v) is 33.0. The molecule has 0 radical (unpaired) electrons. The highest BCUT2D eigenvalue weighted by Crippen LogP contribution is 2.52. The van der Waals surface area contributed by atoms with E-state index in [0.717, 1.165) is 49.8 Å². The maximum atomic E-state index is 14.0. The van der Waals surface area contributed by atoms with Crippen LogP contribution in [0.5, 0.6) is 0 Å². The zero-order valence-corrected chi connectivity index (χ0v) is 49.1. The van der Waals surface area contributed by atoms with Gasteiger partial charge in [-0.15, -0.1) is 0 Å². The third-order valence-corrected chi connectivity index (χ3v) is 17.6. The van der Waals surface area contributed by atoms with Crippen molar-refractivity contribution >= 4 is 33.4 Å². The minimum atomic E-state index is -0.571. The Balaban J connectivity index is 1.39. The molecule has 2 aliphatic rings. The van der Waals surface area contributed by atoms with Crippen LogP contribution in [-0.4, -0.2) is 24.4 Å². The smallest absolute Gasteiger partial charge is 0.328 e. The van der Waals surface area contributed by atoms with E-state index in [0.29, 0.717) is 23.2 Å². The molecule has 1 spiro atoms. The van der Waals surface area contributed by atoms with Crippen LogP contribution in [0.2, 0.25) is 0 Å². The average molecular weight is 1070 g/mol. The van der Waals surface area contributed by atoms with Gasteiger partial charge in [0.1, 0.15) is 6.04 Å². The van der Waals surface area contributed by atoms with Gasteiger partial charge in [-0.25, -0.2) is 4.79 Å². The van der Waals surface area contributed by atoms with Crippen molar-refractivity contribution in [2.24, 2.45) is 5.41 Å². The molecule has 1 atom stereocenters. The fourth-order valence-corrected chi connectivity index (χ4v) is 12.9. The molecule has 0 unspecified atom stereocenters. The number of rotatable bonds is 6. The van der Waals surface area contributed by atoms with Crippen molar-refractivity contribution in [3.05, 3.63) is 40.0 Å². The van der Waals surface area contributed by atoms with Crippen molar-refractivity contribution in [1.82, 2.24) is 5.32 Å². The standard InChI is InChI=1S/C66H117BrN2O3/c1-2-72-65(71)61(58-59-52-54-60(68)55-53-59)69-63-62(67)64(70)66(63)56-50-48-46-44-42-40-38-36-34-32-30-28-26-24-22-20-18-16-14-12-10-8-6-4-3-5-7-9-11-13-15-17-19-21-23-25-27-29-31-33-35-37-39-41-43-45-47-49-51-57-66/h52-55,61,69H,2-51,56-58,68H2,1H3/t61-/m0/s1. The van der Waals surface area contributed by atoms with Crippen LogP contribution >= 0.6 is 15.9 Å². The van der Waals surface area contributed by atoms with Gasteiger partial charge in [-0.1, -0.05) is 327 Å². The van der Waals surface area contributed by atoms with Crippen molar-refractivity contribution < 1.29 is 14.3 Å². The monoisotopic (exact) mass is 1060 g/mol. The summed E-state index contributed by atoms with van der Waals surface area (Å²) in [5.74, 6) is -0.0552. The summed E-state index contributed by atoms with van der Waals surface area (Å²) < 4.78 is 6.20. The molecule has 416 valence electrons. The summed E-state index contributed by atoms with van der Waals surface area (Å²) in [4.78, 5) is 27.4. The number of nitrogen functional groups attached to an aromatic ring is 1. The van der Waals surface area contributed by atoms with Gasteiger partial charge >= 0.3 is 5.97 Å². The molecule has 1 fully saturated rings. The quantitative estimate of drug-likeness (QED) is 0.219. The Morgan fingerprint density at radius 2 is 0.694 bits per heavy atom. The van der Waals surface area contributed by atoms with E-state index in [2.05, 4.69) is 21.2 Å². The molecule has 1 saturated carbocycles. The van der Waals surface area contributed by atoms with Crippen molar-refractivity contribution in [2.75, 3.05) is 12.3 Å². The zero-order valence-electron chi connectivity index (χ0n) is 47.5. The highest BCUT2D eigenvalue weighted by Gasteiger charge is 2.52. The van der Waals surface area contributed by atoms with Gasteiger partial charge in [0, 0.05) is 17.8 Å². The van der Waals surface area contributed by atoms with Gasteiger partial charge in [0.15, 0.2) is 5.78 Å². The number of Topliss-reactive ketones (excluding diaryl/α,β-unsaturated/α-hetero) is 1. The van der Waals surface area contributed by atoms with Crippen molar-refractivity contribution in [2.45, 2.75) is 347 Å². The SMILES string of the molecule is CCOC(=O)[C@H](Cc1ccc(N)cc1)NC1=C(Br)C(=O)C12CCCCCCCCCCCCCCCCCCCCCCCCCCCCCCCCCCCCCCCCCCCCCCCCCCC2. The van der Waals surface area contributed by atoms with Crippen LogP contribution in [0, 0.1) is 5.41 Å². The minimum absolute atomic E-state index is 0.217. The molecule has 1 aromatic rings. The molecule has 72 heavy (non-hydrogen) atoms. The molecule has 2 aliphatic carbocycles. The van der Waals surface area contributed by atoms with Gasteiger partial charge in [-0.2, -0.15) is 0 Å². The Morgan fingerprint density at radius 3 is 0.931 bits per heavy atom. The number of esters is 1. The van der Waals surface area contributed by atoms with Crippen LogP contribution in [0.15, 0.2) is 34.4 Å². The molecular formula is C66H117BrN2O3. The molecule has 1 aromatic carbocycles. The molecule has 0 amide bonds. The molecule has 0 heterocycles. The molecule has 3 N–H and O–H groups in total. The number of hydrogen-bond donors (Lipinski definition) is 2. The van der Waals surface area contributed by atoms with Crippen molar-refractivity contribution in [3.63, 3.8) is 0 Å². The highest BCUT2D eigenvalue weighted by atomic mass is 79.9. The molecule has 0 aliphatic heterocycles. The Bertz CT molecular complexity index is 1410. The first-order chi connectivity index (χ1) is 35.5. The second kappa shape index (κ2) is 45.4. The summed E-state index contributed by atoms with van der Waals surface area (Å²) in [6, 6.07) is 7.16. The molecule has 6 heteroatoms. The zero-order chi connectivity index (χ0) is 51.3. The number of allylic oxidation sites excluding steroid dienone is 2. The van der Waals surface area contributed by atoms with E-state index >= 15 is 0 Å². The van der Waals surface area contributed by atoms with E-state index in [-0.39, 0.29) is 11.8 Å². The van der Waals surface area contributed by atoms with E-state index in [4.69, 9.17) is 10.5 Å². The second-order valence-corrected chi connectivity index (χ2v) is 24.1. The predicted octanol–water partition coefficient (Wildman–Crippen LogP) is 21.4. The fraction of sp³-hybridized carbons (Fsp3) is 0.848. The largest absolute Gasteiger partial charge is 0.464 e. The third-order valence-electron chi connectivity index (χ3n) is 16.8. The third kappa shape index (κ3) is 31.3. The molecule has 0 aromatic heterocycles. The van der Waals surface area contributed by atoms with E-state index in [1.54, 1.807) is 0 Å². The number of hydrogen-bond acceptors (Lipinski definition) is 5. The van der Waals surface area contributed by atoms with Gasteiger partial charge < -0.3 is 15.8 Å². The maximum absolute atomic E-state index is 14.0. The summed E-state index contributed by atoms with van der Waals surface area (Å²) in [6.45, 7) is 2.18. The van der Waals surface area contributed by atoms with Crippen LogP contribution in [0.4, 0.5) is 5.69 Å². The van der Waals surface area contributed by atoms with Gasteiger partial charge in [0.05, 0.1) is 16.5 Å². The van der Waals surface area contributed by atoms with Gasteiger partial charge in [0.2, 0.25) is 0 Å². The summed E-state index contributed by atoms with van der Waals surface area (Å²) in [6.07, 6.45) is 70.6. The lowest BCUT2D eigenvalue weighted by atomic mass is 9.64. The van der Waals surface area contributed by atoms with E-state index in [1.807, 2.05) is 31.2 Å². The Kier molecular flexibility index (Phi) is 40.6. The van der Waals surface area contributed by atoms with Crippen molar-refractivity contribution in [3.8, 4) is 0 Å². The van der Waals surface area contributed by atoms with Gasteiger partial charge in [-0.3, -0.25) is 4.79 Å². The van der Waals surface area contributed by atoms with Crippen LogP contribution < -0.4 is 11.1 Å². The predicted molar refractivity (Wildman–Crippen MR) is 317 cm³/mol. The summed E-state index contributed by atoms with van der Waals surface area (Å²) in [5.41, 5.74) is 8.09.